The molecule has 0 saturated carbocycles. The first-order valence-electron chi connectivity index (χ1n) is 12.7. The number of nitrogens with one attached hydrogen (secondary N) is 1. The van der Waals surface area contributed by atoms with E-state index in [0.29, 0.717) is 18.7 Å². The van der Waals surface area contributed by atoms with E-state index in [-0.39, 0.29) is 17.9 Å². The second kappa shape index (κ2) is 13.9. The van der Waals surface area contributed by atoms with Crippen LogP contribution in [0.2, 0.25) is 0 Å². The molecule has 0 radical (unpaired) electrons. The van der Waals surface area contributed by atoms with Crippen LogP contribution < -0.4 is 5.32 Å². The molecule has 0 aromatic heterocycles. The van der Waals surface area contributed by atoms with Gasteiger partial charge in [-0.2, -0.15) is 0 Å². The van der Waals surface area contributed by atoms with Crippen LogP contribution >= 0.6 is 11.8 Å². The summed E-state index contributed by atoms with van der Waals surface area (Å²) < 4.78 is 0. The van der Waals surface area contributed by atoms with Crippen LogP contribution in [0.3, 0.4) is 0 Å². The molecule has 2 amide bonds. The smallest absolute Gasteiger partial charge is 0.243 e. The summed E-state index contributed by atoms with van der Waals surface area (Å²) in [6, 6.07) is 25.8. The predicted molar refractivity (Wildman–Crippen MR) is 151 cm³/mol. The topological polar surface area (TPSA) is 49.4 Å². The van der Waals surface area contributed by atoms with Gasteiger partial charge < -0.3 is 10.2 Å². The molecule has 2 atom stereocenters. The Morgan fingerprint density at radius 1 is 0.861 bits per heavy atom. The Hall–Kier alpha value is -3.05. The van der Waals surface area contributed by atoms with Crippen LogP contribution in [0.25, 0.3) is 0 Å². The van der Waals surface area contributed by atoms with Crippen molar-refractivity contribution >= 4 is 23.6 Å². The van der Waals surface area contributed by atoms with Crippen LogP contribution in [-0.2, 0) is 28.3 Å². The van der Waals surface area contributed by atoms with E-state index in [1.807, 2.05) is 67.6 Å². The number of hydrogen-bond donors (Lipinski definition) is 1. The normalized spacial score (nSPS) is 12.6. The molecule has 4 nitrogen and oxygen atoms in total. The fourth-order valence-electron chi connectivity index (χ4n) is 4.07. The van der Waals surface area contributed by atoms with Crippen molar-refractivity contribution in [2.75, 3.05) is 5.75 Å². The van der Waals surface area contributed by atoms with Crippen molar-refractivity contribution in [2.24, 2.45) is 0 Å². The third kappa shape index (κ3) is 7.99. The minimum Gasteiger partial charge on any atom is -0.352 e. The van der Waals surface area contributed by atoms with Crippen molar-refractivity contribution in [3.63, 3.8) is 0 Å². The molecule has 0 spiro atoms. The number of benzene rings is 3. The van der Waals surface area contributed by atoms with E-state index in [1.54, 1.807) is 16.7 Å². The maximum Gasteiger partial charge on any atom is 0.243 e. The van der Waals surface area contributed by atoms with Gasteiger partial charge in [-0.25, -0.2) is 0 Å². The van der Waals surface area contributed by atoms with Gasteiger partial charge in [0, 0.05) is 24.8 Å². The molecule has 0 aliphatic heterocycles. The van der Waals surface area contributed by atoms with Crippen molar-refractivity contribution in [1.82, 2.24) is 10.2 Å². The van der Waals surface area contributed by atoms with Crippen LogP contribution in [-0.4, -0.2) is 34.6 Å². The third-order valence-corrected chi connectivity index (χ3v) is 7.58. The number of hydrogen-bond acceptors (Lipinski definition) is 3. The zero-order valence-electron chi connectivity index (χ0n) is 21.9. The number of aryl methyl sites for hydroxylation is 2. The Morgan fingerprint density at radius 2 is 1.44 bits per heavy atom. The van der Waals surface area contributed by atoms with Gasteiger partial charge in [-0.3, -0.25) is 9.59 Å². The number of carbonyl (C=O) groups excluding carboxylic acids is 2. The molecule has 36 heavy (non-hydrogen) atoms. The average molecular weight is 503 g/mol. The predicted octanol–water partition coefficient (Wildman–Crippen LogP) is 6.09. The molecular weight excluding hydrogens is 464 g/mol. The SMILES string of the molecule is CC[C@H](C)NC(=O)[C@@H](Cc1ccccc1)N(Cc1ccccc1C)C(=O)CSCc1ccccc1C. The quantitative estimate of drug-likeness (QED) is 0.326. The van der Waals surface area contributed by atoms with Crippen molar-refractivity contribution < 1.29 is 9.59 Å². The van der Waals surface area contributed by atoms with Crippen molar-refractivity contribution in [3.8, 4) is 0 Å². The molecule has 0 unspecified atom stereocenters. The lowest BCUT2D eigenvalue weighted by Crippen LogP contribution is -2.52. The van der Waals surface area contributed by atoms with Crippen molar-refractivity contribution in [3.05, 3.63) is 107 Å². The summed E-state index contributed by atoms with van der Waals surface area (Å²) in [5, 5.41) is 3.14. The summed E-state index contributed by atoms with van der Waals surface area (Å²) >= 11 is 1.60. The highest BCUT2D eigenvalue weighted by Crippen LogP contribution is 2.21. The number of carbonyl (C=O) groups is 2. The van der Waals surface area contributed by atoms with Crippen LogP contribution in [0.15, 0.2) is 78.9 Å². The first kappa shape index (κ1) is 27.5. The highest BCUT2D eigenvalue weighted by Gasteiger charge is 2.31. The molecule has 190 valence electrons. The maximum atomic E-state index is 13.8. The van der Waals surface area contributed by atoms with Gasteiger partial charge in [-0.05, 0) is 55.0 Å². The molecule has 3 aromatic carbocycles. The molecule has 0 aliphatic rings. The van der Waals surface area contributed by atoms with E-state index >= 15 is 0 Å². The second-order valence-electron chi connectivity index (χ2n) is 9.39. The average Bonchev–Trinajstić information content (AvgIpc) is 2.88. The van der Waals surface area contributed by atoms with Gasteiger partial charge in [0.25, 0.3) is 0 Å². The molecular formula is C31H38N2O2S. The van der Waals surface area contributed by atoms with Crippen molar-refractivity contribution in [1.29, 1.82) is 0 Å². The number of rotatable bonds is 12. The highest BCUT2D eigenvalue weighted by atomic mass is 32.2. The van der Waals surface area contributed by atoms with E-state index in [4.69, 9.17) is 0 Å². The second-order valence-corrected chi connectivity index (χ2v) is 10.4. The van der Waals surface area contributed by atoms with Gasteiger partial charge >= 0.3 is 0 Å². The number of thioether (sulfide) groups is 1. The first-order chi connectivity index (χ1) is 17.4. The lowest BCUT2D eigenvalue weighted by atomic mass is 10.0. The third-order valence-electron chi connectivity index (χ3n) is 6.62. The Balaban J connectivity index is 1.87. The Morgan fingerprint density at radius 3 is 2.06 bits per heavy atom. The molecule has 3 aromatic rings. The van der Waals surface area contributed by atoms with Gasteiger partial charge in [0.05, 0.1) is 5.75 Å². The van der Waals surface area contributed by atoms with E-state index in [2.05, 4.69) is 44.3 Å². The largest absolute Gasteiger partial charge is 0.352 e. The maximum absolute atomic E-state index is 13.8. The Bertz CT molecular complexity index is 1130. The zero-order valence-corrected chi connectivity index (χ0v) is 22.7. The molecule has 0 saturated heterocycles. The van der Waals surface area contributed by atoms with E-state index in [0.717, 1.165) is 28.9 Å². The fraction of sp³-hybridized carbons (Fsp3) is 0.355. The molecule has 5 heteroatoms. The first-order valence-corrected chi connectivity index (χ1v) is 13.8. The van der Waals surface area contributed by atoms with Crippen LogP contribution in [0.5, 0.6) is 0 Å². The summed E-state index contributed by atoms with van der Waals surface area (Å²) in [5.74, 6) is 0.970. The van der Waals surface area contributed by atoms with Gasteiger partial charge in [0.1, 0.15) is 6.04 Å². The Labute approximate surface area is 220 Å². The van der Waals surface area contributed by atoms with Gasteiger partial charge in [-0.15, -0.1) is 11.8 Å². The zero-order chi connectivity index (χ0) is 25.9. The molecule has 0 bridgehead atoms. The van der Waals surface area contributed by atoms with Crippen LogP contribution in [0, 0.1) is 13.8 Å². The summed E-state index contributed by atoms with van der Waals surface area (Å²) in [4.78, 5) is 29.1. The summed E-state index contributed by atoms with van der Waals surface area (Å²) in [6.07, 6.45) is 1.31. The van der Waals surface area contributed by atoms with Gasteiger partial charge in [0.15, 0.2) is 0 Å². The molecule has 0 heterocycles. The number of nitrogens with zero attached hydrogens (tertiary/aromatic N) is 1. The minimum absolute atomic E-state index is 0.0166. The fourth-order valence-corrected chi connectivity index (χ4v) is 5.06. The lowest BCUT2D eigenvalue weighted by molar-refractivity contribution is -0.139. The van der Waals surface area contributed by atoms with Crippen LogP contribution in [0.1, 0.15) is 48.1 Å². The molecule has 3 rings (SSSR count). The van der Waals surface area contributed by atoms with Crippen LogP contribution in [0.4, 0.5) is 0 Å². The minimum atomic E-state index is -0.590. The number of amides is 2. The standard InChI is InChI=1S/C31H38N2O2S/c1-5-25(4)32-31(35)29(19-26-15-7-6-8-16-26)33(20-27-17-11-9-13-23(27)2)30(34)22-36-21-28-18-12-10-14-24(28)3/h6-18,25,29H,5,19-22H2,1-4H3,(H,32,35)/t25-,29+/m0/s1. The monoisotopic (exact) mass is 502 g/mol. The van der Waals surface area contributed by atoms with E-state index in [9.17, 15) is 9.59 Å². The lowest BCUT2D eigenvalue weighted by Gasteiger charge is -2.32. The van der Waals surface area contributed by atoms with Gasteiger partial charge in [0.2, 0.25) is 11.8 Å². The highest BCUT2D eigenvalue weighted by molar-refractivity contribution is 7.99. The molecule has 0 aliphatic carbocycles. The van der Waals surface area contributed by atoms with E-state index < -0.39 is 6.04 Å². The Kier molecular flexibility index (Phi) is 10.6. The summed E-state index contributed by atoms with van der Waals surface area (Å²) in [5.41, 5.74) is 5.67. The van der Waals surface area contributed by atoms with Crippen molar-refractivity contribution in [2.45, 2.75) is 64.9 Å². The van der Waals surface area contributed by atoms with E-state index in [1.165, 1.54) is 11.1 Å². The summed E-state index contributed by atoms with van der Waals surface area (Å²) in [7, 11) is 0. The van der Waals surface area contributed by atoms with Gasteiger partial charge in [-0.1, -0.05) is 85.8 Å². The summed E-state index contributed by atoms with van der Waals surface area (Å²) in [6.45, 7) is 8.61. The molecule has 1 N–H and O–H groups in total. The molecule has 0 fully saturated rings.